The Bertz CT molecular complexity index is 946. The molecule has 10 heteroatoms. The number of benzene rings is 2. The molecule has 0 radical (unpaired) electrons. The molecule has 2 N–H and O–H groups in total. The summed E-state index contributed by atoms with van der Waals surface area (Å²) in [6.07, 6.45) is -3.28. The normalized spacial score (nSPS) is 11.1. The topological polar surface area (TPSA) is 79.8 Å². The fourth-order valence-corrected chi connectivity index (χ4v) is 2.19. The summed E-state index contributed by atoms with van der Waals surface area (Å²) in [6.45, 7) is 0. The van der Waals surface area contributed by atoms with Crippen molar-refractivity contribution in [2.45, 2.75) is 6.18 Å². The highest BCUT2D eigenvalue weighted by Crippen LogP contribution is 2.29. The summed E-state index contributed by atoms with van der Waals surface area (Å²) >= 11 is 5.81. The molecule has 0 spiro atoms. The van der Waals surface area contributed by atoms with Crippen LogP contribution in [-0.4, -0.2) is 20.9 Å². The molecule has 0 aliphatic heterocycles. The summed E-state index contributed by atoms with van der Waals surface area (Å²) in [6, 6.07) is 10.6. The lowest BCUT2D eigenvalue weighted by molar-refractivity contribution is -0.137. The number of hydrogen-bond donors (Lipinski definition) is 2. The molecule has 0 unspecified atom stereocenters. The molecule has 1 amide bonds. The Balaban J connectivity index is 1.70. The predicted molar refractivity (Wildman–Crippen MR) is 94.0 cm³/mol. The Kier molecular flexibility index (Phi) is 5.22. The first-order chi connectivity index (χ1) is 12.8. The number of hydrogen-bond acceptors (Lipinski definition) is 5. The molecule has 0 aliphatic rings. The van der Waals surface area contributed by atoms with Gasteiger partial charge in [-0.05, 0) is 48.5 Å². The molecule has 0 bridgehead atoms. The van der Waals surface area contributed by atoms with E-state index in [0.29, 0.717) is 10.7 Å². The van der Waals surface area contributed by atoms with Crippen LogP contribution in [0, 0.1) is 0 Å². The van der Waals surface area contributed by atoms with Gasteiger partial charge in [-0.25, -0.2) is 9.97 Å². The number of carbonyl (C=O) groups is 1. The maximum atomic E-state index is 12.6. The van der Waals surface area contributed by atoms with Gasteiger partial charge in [-0.1, -0.05) is 11.6 Å². The molecule has 0 fully saturated rings. The van der Waals surface area contributed by atoms with Crippen LogP contribution >= 0.6 is 11.6 Å². The van der Waals surface area contributed by atoms with E-state index in [4.69, 9.17) is 11.6 Å². The smallest absolute Gasteiger partial charge is 0.324 e. The highest BCUT2D eigenvalue weighted by molar-refractivity contribution is 6.30. The van der Waals surface area contributed by atoms with Gasteiger partial charge in [-0.2, -0.15) is 18.2 Å². The molecule has 0 saturated heterocycles. The van der Waals surface area contributed by atoms with Gasteiger partial charge < -0.3 is 5.32 Å². The first kappa shape index (κ1) is 18.6. The average Bonchev–Trinajstić information content (AvgIpc) is 2.63. The van der Waals surface area contributed by atoms with Gasteiger partial charge >= 0.3 is 6.18 Å². The van der Waals surface area contributed by atoms with E-state index in [1.165, 1.54) is 6.33 Å². The molecule has 0 saturated carbocycles. The lowest BCUT2D eigenvalue weighted by atomic mass is 10.1. The quantitative estimate of drug-likeness (QED) is 0.680. The third kappa shape index (κ3) is 4.91. The lowest BCUT2D eigenvalue weighted by Gasteiger charge is -2.08. The van der Waals surface area contributed by atoms with Crippen LogP contribution in [0.4, 0.5) is 30.8 Å². The Labute approximate surface area is 156 Å². The molecule has 6 nitrogen and oxygen atoms in total. The van der Waals surface area contributed by atoms with Gasteiger partial charge in [0.25, 0.3) is 5.91 Å². The summed E-state index contributed by atoms with van der Waals surface area (Å²) in [7, 11) is 0. The zero-order valence-corrected chi connectivity index (χ0v) is 14.2. The standard InChI is InChI=1S/C17H11ClF3N5O/c18-12-5-7-13(8-6-12)24-15-22-9-23-16(26-15)25-14(27)10-1-3-11(4-2-10)17(19,20)21/h1-9H,(H2,22,23,24,25,26,27). The lowest BCUT2D eigenvalue weighted by Crippen LogP contribution is -2.15. The molecular weight excluding hydrogens is 383 g/mol. The average molecular weight is 394 g/mol. The third-order valence-electron chi connectivity index (χ3n) is 3.37. The number of aromatic nitrogens is 3. The van der Waals surface area contributed by atoms with Gasteiger partial charge in [-0.15, -0.1) is 0 Å². The Morgan fingerprint density at radius 1 is 0.926 bits per heavy atom. The number of nitrogens with one attached hydrogen (secondary N) is 2. The van der Waals surface area contributed by atoms with Crippen molar-refractivity contribution in [2.75, 3.05) is 10.6 Å². The van der Waals surface area contributed by atoms with Gasteiger partial charge in [0.2, 0.25) is 11.9 Å². The highest BCUT2D eigenvalue weighted by atomic mass is 35.5. The van der Waals surface area contributed by atoms with Crippen molar-refractivity contribution >= 4 is 35.1 Å². The van der Waals surface area contributed by atoms with E-state index in [1.54, 1.807) is 24.3 Å². The van der Waals surface area contributed by atoms with Crippen LogP contribution < -0.4 is 10.6 Å². The van der Waals surface area contributed by atoms with E-state index in [1.807, 2.05) is 0 Å². The summed E-state index contributed by atoms with van der Waals surface area (Å²) in [5.74, 6) is -0.520. The molecule has 3 rings (SSSR count). The molecule has 2 aromatic carbocycles. The van der Waals surface area contributed by atoms with E-state index in [2.05, 4.69) is 25.6 Å². The molecule has 138 valence electrons. The number of nitrogens with zero attached hydrogens (tertiary/aromatic N) is 3. The SMILES string of the molecule is O=C(Nc1ncnc(Nc2ccc(Cl)cc2)n1)c1ccc(C(F)(F)F)cc1. The minimum Gasteiger partial charge on any atom is -0.324 e. The first-order valence-electron chi connectivity index (χ1n) is 7.51. The first-order valence-corrected chi connectivity index (χ1v) is 7.89. The number of anilines is 3. The van der Waals surface area contributed by atoms with Crippen molar-refractivity contribution in [2.24, 2.45) is 0 Å². The second-order valence-electron chi connectivity index (χ2n) is 5.29. The van der Waals surface area contributed by atoms with E-state index < -0.39 is 17.6 Å². The summed E-state index contributed by atoms with van der Waals surface area (Å²) < 4.78 is 37.7. The Hall–Kier alpha value is -3.20. The Morgan fingerprint density at radius 2 is 1.56 bits per heavy atom. The van der Waals surface area contributed by atoms with E-state index in [-0.39, 0.29) is 17.5 Å². The van der Waals surface area contributed by atoms with Gasteiger partial charge in [-0.3, -0.25) is 10.1 Å². The number of alkyl halides is 3. The van der Waals surface area contributed by atoms with E-state index in [9.17, 15) is 18.0 Å². The minimum absolute atomic E-state index is 0.0376. The van der Waals surface area contributed by atoms with Crippen LogP contribution in [0.2, 0.25) is 5.02 Å². The number of rotatable bonds is 4. The molecule has 1 aromatic heterocycles. The van der Waals surface area contributed by atoms with Gasteiger partial charge in [0.15, 0.2) is 0 Å². The predicted octanol–water partition coefficient (Wildman–Crippen LogP) is 4.54. The summed E-state index contributed by atoms with van der Waals surface area (Å²) in [4.78, 5) is 23.9. The van der Waals surface area contributed by atoms with Gasteiger partial charge in [0, 0.05) is 16.3 Å². The fourth-order valence-electron chi connectivity index (χ4n) is 2.06. The number of carbonyl (C=O) groups excluding carboxylic acids is 1. The molecule has 27 heavy (non-hydrogen) atoms. The van der Waals surface area contributed by atoms with Crippen LogP contribution in [0.15, 0.2) is 54.9 Å². The maximum Gasteiger partial charge on any atom is 0.416 e. The Morgan fingerprint density at radius 3 is 2.19 bits per heavy atom. The zero-order valence-electron chi connectivity index (χ0n) is 13.5. The van der Waals surface area contributed by atoms with Crippen molar-refractivity contribution in [1.82, 2.24) is 15.0 Å². The van der Waals surface area contributed by atoms with Crippen LogP contribution in [0.25, 0.3) is 0 Å². The van der Waals surface area contributed by atoms with Crippen molar-refractivity contribution in [1.29, 1.82) is 0 Å². The van der Waals surface area contributed by atoms with Gasteiger partial charge in [0.1, 0.15) is 6.33 Å². The van der Waals surface area contributed by atoms with Crippen LogP contribution in [0.1, 0.15) is 15.9 Å². The maximum absolute atomic E-state index is 12.6. The third-order valence-corrected chi connectivity index (χ3v) is 3.62. The van der Waals surface area contributed by atoms with Crippen molar-refractivity contribution in [3.8, 4) is 0 Å². The van der Waals surface area contributed by atoms with Gasteiger partial charge in [0.05, 0.1) is 5.56 Å². The second-order valence-corrected chi connectivity index (χ2v) is 5.73. The van der Waals surface area contributed by atoms with Crippen molar-refractivity contribution < 1.29 is 18.0 Å². The van der Waals surface area contributed by atoms with E-state index >= 15 is 0 Å². The molecule has 0 aliphatic carbocycles. The fraction of sp³-hybridized carbons (Fsp3) is 0.0588. The van der Waals surface area contributed by atoms with E-state index in [0.717, 1.165) is 24.3 Å². The largest absolute Gasteiger partial charge is 0.416 e. The van der Waals surface area contributed by atoms with Crippen LogP contribution in [0.5, 0.6) is 0 Å². The highest BCUT2D eigenvalue weighted by Gasteiger charge is 2.30. The van der Waals surface area contributed by atoms with Crippen LogP contribution in [-0.2, 0) is 6.18 Å². The summed E-state index contributed by atoms with van der Waals surface area (Å²) in [5, 5.41) is 5.89. The molecule has 0 atom stereocenters. The molecule has 1 heterocycles. The molecule has 3 aromatic rings. The monoisotopic (exact) mass is 393 g/mol. The van der Waals surface area contributed by atoms with Crippen LogP contribution in [0.3, 0.4) is 0 Å². The second kappa shape index (κ2) is 7.58. The van der Waals surface area contributed by atoms with Crippen molar-refractivity contribution in [3.63, 3.8) is 0 Å². The zero-order chi connectivity index (χ0) is 19.4. The number of halogens is 4. The number of amides is 1. The minimum atomic E-state index is -4.47. The summed E-state index contributed by atoms with van der Waals surface area (Å²) in [5.41, 5.74) is -0.130. The molecular formula is C17H11ClF3N5O. The van der Waals surface area contributed by atoms with Crippen molar-refractivity contribution in [3.05, 3.63) is 71.0 Å².